The lowest BCUT2D eigenvalue weighted by Gasteiger charge is -2.15. The summed E-state index contributed by atoms with van der Waals surface area (Å²) in [6.45, 7) is 2.96. The third kappa shape index (κ3) is 46.6. The number of rotatable bonds is 38. The highest BCUT2D eigenvalue weighted by Crippen LogP contribution is 2.35. The number of hydrogen-bond acceptors (Lipinski definition) is 9. The zero-order chi connectivity index (χ0) is 40.4. The second-order valence-corrected chi connectivity index (χ2v) is 15.5. The van der Waals surface area contributed by atoms with Crippen LogP contribution in [0, 0.1) is 0 Å². The molecule has 0 saturated heterocycles. The molecule has 0 radical (unpaired) electrons. The predicted molar refractivity (Wildman–Crippen MR) is 218 cm³/mol. The molecule has 0 aromatic rings. The Kier molecular flexibility index (Phi) is 43.0. The number of carbonyl (C=O) groups is 2. The first-order chi connectivity index (χ1) is 26.1. The van der Waals surface area contributed by atoms with Gasteiger partial charge in [-0.3, -0.25) is 14.1 Å². The van der Waals surface area contributed by atoms with E-state index in [4.69, 9.17) is 29.5 Å². The smallest absolute Gasteiger partial charge is 0.462 e. The van der Waals surface area contributed by atoms with Gasteiger partial charge in [0.2, 0.25) is 0 Å². The van der Waals surface area contributed by atoms with Crippen molar-refractivity contribution in [2.24, 2.45) is 0 Å². The van der Waals surface area contributed by atoms with Gasteiger partial charge in [-0.2, -0.15) is 0 Å². The third-order valence-electron chi connectivity index (χ3n) is 8.86. The number of carbonyl (C=O) groups excluding carboxylic acids is 2. The molecule has 0 aliphatic rings. The summed E-state index contributed by atoms with van der Waals surface area (Å²) in [6.07, 6.45) is 39.6. The number of phosphoric ester groups is 1. The minimum Gasteiger partial charge on any atom is -0.462 e. The summed E-state index contributed by atoms with van der Waals surface area (Å²) in [5, 5.41) is 26.2. The summed E-state index contributed by atoms with van der Waals surface area (Å²) < 4.78 is 24.3. The normalized spacial score (nSPS) is 12.9. The molecular formula is C42H81O11P. The van der Waals surface area contributed by atoms with Crippen LogP contribution >= 0.6 is 7.82 Å². The Morgan fingerprint density at radius 3 is 1.28 bits per heavy atom. The third-order valence-corrected chi connectivity index (χ3v) is 9.35. The number of hydrogen-bond donors (Lipinski definition) is 5. The van der Waals surface area contributed by atoms with E-state index in [0.29, 0.717) is 12.8 Å². The van der Waals surface area contributed by atoms with Gasteiger partial charge in [0.25, 0.3) is 0 Å². The van der Waals surface area contributed by atoms with E-state index in [1.54, 1.807) is 0 Å². The molecule has 5 N–H and O–H groups in total. The van der Waals surface area contributed by atoms with Gasteiger partial charge in [0.15, 0.2) is 6.10 Å². The molecule has 0 rings (SSSR count). The van der Waals surface area contributed by atoms with E-state index >= 15 is 0 Å². The molecule has 0 aliphatic heterocycles. The molecule has 0 amide bonds. The summed E-state index contributed by atoms with van der Waals surface area (Å²) in [7, 11) is -4.50. The molecule has 320 valence electrons. The number of unbranched alkanes of at least 4 members (excludes halogenated alkanes) is 22. The van der Waals surface area contributed by atoms with Crippen molar-refractivity contribution in [1.82, 2.24) is 0 Å². The highest BCUT2D eigenvalue weighted by atomic mass is 31.2. The van der Waals surface area contributed by atoms with E-state index in [9.17, 15) is 19.3 Å². The van der Waals surface area contributed by atoms with E-state index in [1.807, 2.05) is 0 Å². The van der Waals surface area contributed by atoms with Crippen LogP contribution in [0.15, 0.2) is 24.3 Å². The van der Waals surface area contributed by atoms with E-state index in [0.717, 1.165) is 51.4 Å². The van der Waals surface area contributed by atoms with Gasteiger partial charge < -0.3 is 34.6 Å². The molecule has 0 aliphatic carbocycles. The van der Waals surface area contributed by atoms with Crippen LogP contribution in [0.4, 0.5) is 0 Å². The van der Waals surface area contributed by atoms with Crippen molar-refractivity contribution in [1.29, 1.82) is 0 Å². The Balaban J connectivity index is 0. The Bertz CT molecular complexity index is 922. The van der Waals surface area contributed by atoms with E-state index in [-0.39, 0.29) is 25.2 Å². The number of phosphoric acid groups is 1. The lowest BCUT2D eigenvalue weighted by molar-refractivity contribution is -0.161. The van der Waals surface area contributed by atoms with E-state index < -0.39 is 33.2 Å². The summed E-state index contributed by atoms with van der Waals surface area (Å²) in [5.74, 6) is -0.607. The fourth-order valence-electron chi connectivity index (χ4n) is 5.54. The summed E-state index contributed by atoms with van der Waals surface area (Å²) in [6, 6.07) is 0. The van der Waals surface area contributed by atoms with Crippen LogP contribution in [0.3, 0.4) is 0 Å². The molecule has 0 aromatic heterocycles. The van der Waals surface area contributed by atoms with Crippen LogP contribution < -0.4 is 0 Å². The van der Waals surface area contributed by atoms with Gasteiger partial charge in [-0.1, -0.05) is 141 Å². The number of allylic oxidation sites excluding steroid dienone is 4. The molecule has 2 atom stereocenters. The van der Waals surface area contributed by atoms with Gasteiger partial charge in [0.05, 0.1) is 19.8 Å². The fraction of sp³-hybridized carbons (Fsp3) is 0.857. The fourth-order valence-corrected chi connectivity index (χ4v) is 5.91. The lowest BCUT2D eigenvalue weighted by Crippen LogP contribution is -2.28. The van der Waals surface area contributed by atoms with Crippen molar-refractivity contribution in [3.8, 4) is 0 Å². The largest absolute Gasteiger partial charge is 0.469 e. The van der Waals surface area contributed by atoms with Gasteiger partial charge >= 0.3 is 19.8 Å². The molecular weight excluding hydrogens is 711 g/mol. The molecule has 0 heterocycles. The first-order valence-electron chi connectivity index (χ1n) is 21.3. The highest BCUT2D eigenvalue weighted by Gasteiger charge is 2.17. The maximum Gasteiger partial charge on any atom is 0.469 e. The topological polar surface area (TPSA) is 180 Å². The standard InChI is InChI=1S/C39H72O5.C3H9O6P/c1-3-5-7-9-11-13-15-17-19-21-23-25-27-29-31-33-38(41)43-36-37(35-40)44-39(42)34-32-30-28-26-24-22-20-18-16-14-12-10-8-6-4-2;4-1-3(5)2-9-10(6,7)8/h17-20,37,40H,3-16,21-36H2,1-2H3;3-5H,1-2H2,(H2,6,7,8)/b19-17-,20-18-;. The highest BCUT2D eigenvalue weighted by molar-refractivity contribution is 7.46. The van der Waals surface area contributed by atoms with Crippen molar-refractivity contribution < 1.29 is 53.3 Å². The number of aliphatic hydroxyl groups is 3. The van der Waals surface area contributed by atoms with Crippen LogP contribution in [0.5, 0.6) is 0 Å². The second-order valence-electron chi connectivity index (χ2n) is 14.3. The van der Waals surface area contributed by atoms with Gasteiger partial charge in [-0.25, -0.2) is 4.57 Å². The van der Waals surface area contributed by atoms with Crippen molar-refractivity contribution in [2.45, 2.75) is 206 Å². The van der Waals surface area contributed by atoms with Crippen LogP contribution in [0.25, 0.3) is 0 Å². The molecule has 0 saturated carbocycles. The molecule has 2 unspecified atom stereocenters. The lowest BCUT2D eigenvalue weighted by atomic mass is 10.1. The summed E-state index contributed by atoms with van der Waals surface area (Å²) in [4.78, 5) is 40.3. The summed E-state index contributed by atoms with van der Waals surface area (Å²) in [5.41, 5.74) is 0. The molecule has 0 bridgehead atoms. The Morgan fingerprint density at radius 1 is 0.537 bits per heavy atom. The van der Waals surface area contributed by atoms with Crippen LogP contribution in [0.1, 0.15) is 194 Å². The Labute approximate surface area is 329 Å². The number of esters is 2. The van der Waals surface area contributed by atoms with Crippen LogP contribution in [-0.4, -0.2) is 75.7 Å². The first-order valence-corrected chi connectivity index (χ1v) is 22.9. The maximum atomic E-state index is 12.1. The van der Waals surface area contributed by atoms with Gasteiger partial charge in [-0.15, -0.1) is 0 Å². The summed E-state index contributed by atoms with van der Waals surface area (Å²) >= 11 is 0. The second kappa shape index (κ2) is 42.6. The van der Waals surface area contributed by atoms with Gasteiger partial charge in [-0.05, 0) is 64.2 Å². The monoisotopic (exact) mass is 793 g/mol. The predicted octanol–water partition coefficient (Wildman–Crippen LogP) is 9.96. The molecule has 0 aromatic carbocycles. The Morgan fingerprint density at radius 2 is 0.907 bits per heavy atom. The van der Waals surface area contributed by atoms with Crippen molar-refractivity contribution in [3.05, 3.63) is 24.3 Å². The van der Waals surface area contributed by atoms with Crippen molar-refractivity contribution >= 4 is 19.8 Å². The minimum absolute atomic E-state index is 0.0709. The quantitative estimate of drug-likeness (QED) is 0.0174. The molecule has 0 spiro atoms. The van der Waals surface area contributed by atoms with Gasteiger partial charge in [0.1, 0.15) is 12.7 Å². The molecule has 11 nitrogen and oxygen atoms in total. The SMILES string of the molecule is CCCCCCCC/C=C\CCCCCCCC(=O)OCC(CO)OC(=O)CCCCCCC/C=C\CCCCCCCC.O=P(O)(O)OCC(O)CO. The maximum absolute atomic E-state index is 12.1. The number of ether oxygens (including phenoxy) is 2. The average molecular weight is 793 g/mol. The average Bonchev–Trinajstić information content (AvgIpc) is 3.15. The molecule has 54 heavy (non-hydrogen) atoms. The zero-order valence-electron chi connectivity index (χ0n) is 34.2. The van der Waals surface area contributed by atoms with Crippen molar-refractivity contribution in [3.63, 3.8) is 0 Å². The van der Waals surface area contributed by atoms with Crippen LogP contribution in [0.2, 0.25) is 0 Å². The zero-order valence-corrected chi connectivity index (χ0v) is 35.1. The number of aliphatic hydroxyl groups excluding tert-OH is 3. The molecule has 0 fully saturated rings. The van der Waals surface area contributed by atoms with Crippen LogP contribution in [-0.2, 0) is 28.2 Å². The van der Waals surface area contributed by atoms with Crippen molar-refractivity contribution in [2.75, 3.05) is 26.4 Å². The van der Waals surface area contributed by atoms with E-state index in [1.165, 1.54) is 116 Å². The molecule has 12 heteroatoms. The first kappa shape index (κ1) is 54.5. The minimum atomic E-state index is -4.50. The van der Waals surface area contributed by atoms with E-state index in [2.05, 4.69) is 42.7 Å². The van der Waals surface area contributed by atoms with Gasteiger partial charge in [0, 0.05) is 12.8 Å². The Hall–Kier alpha value is -1.59.